The maximum Gasteiger partial charge on any atom is 0.200 e. The van der Waals surface area contributed by atoms with Gasteiger partial charge in [0.15, 0.2) is 5.16 Å². The standard InChI is InChI=1S/C15H11ClFN3OS/c1-20-7-9(12-10(16)4-3-5-11(12)17)13(21)8-6-18-15(22-2)19-14(8)20/h3-7H,1-2H3. The molecule has 0 N–H and O–H groups in total. The van der Waals surface area contributed by atoms with Crippen molar-refractivity contribution in [1.29, 1.82) is 0 Å². The van der Waals surface area contributed by atoms with E-state index in [0.29, 0.717) is 16.2 Å². The van der Waals surface area contributed by atoms with Crippen LogP contribution in [0.15, 0.2) is 40.5 Å². The molecule has 0 aliphatic heterocycles. The van der Waals surface area contributed by atoms with Gasteiger partial charge in [-0.15, -0.1) is 0 Å². The first kappa shape index (κ1) is 15.0. The van der Waals surface area contributed by atoms with E-state index in [1.54, 1.807) is 23.9 Å². The summed E-state index contributed by atoms with van der Waals surface area (Å²) in [5.41, 5.74) is 0.451. The summed E-state index contributed by atoms with van der Waals surface area (Å²) in [6.45, 7) is 0. The highest BCUT2D eigenvalue weighted by atomic mass is 35.5. The Morgan fingerprint density at radius 3 is 2.82 bits per heavy atom. The molecule has 2 heterocycles. The number of rotatable bonds is 2. The normalized spacial score (nSPS) is 11.1. The minimum Gasteiger partial charge on any atom is -0.335 e. The van der Waals surface area contributed by atoms with Crippen molar-refractivity contribution in [2.24, 2.45) is 7.05 Å². The fourth-order valence-electron chi connectivity index (χ4n) is 2.28. The highest BCUT2D eigenvalue weighted by Crippen LogP contribution is 2.29. The van der Waals surface area contributed by atoms with Gasteiger partial charge in [-0.1, -0.05) is 29.4 Å². The predicted molar refractivity (Wildman–Crippen MR) is 87.0 cm³/mol. The summed E-state index contributed by atoms with van der Waals surface area (Å²) in [6.07, 6.45) is 4.87. The van der Waals surface area contributed by atoms with Crippen LogP contribution in [0.3, 0.4) is 0 Å². The lowest BCUT2D eigenvalue weighted by Crippen LogP contribution is -2.13. The minimum atomic E-state index is -0.536. The summed E-state index contributed by atoms with van der Waals surface area (Å²) in [7, 11) is 1.75. The SMILES string of the molecule is CSc1ncc2c(=O)c(-c3c(F)cccc3Cl)cn(C)c2n1. The monoisotopic (exact) mass is 335 g/mol. The van der Waals surface area contributed by atoms with Crippen LogP contribution in [0, 0.1) is 5.82 Å². The number of thioether (sulfide) groups is 1. The molecule has 0 saturated carbocycles. The second-order valence-corrected chi connectivity index (χ2v) is 5.85. The lowest BCUT2D eigenvalue weighted by molar-refractivity contribution is 0.631. The lowest BCUT2D eigenvalue weighted by Gasteiger charge is -2.10. The molecule has 0 bridgehead atoms. The Morgan fingerprint density at radius 2 is 2.14 bits per heavy atom. The van der Waals surface area contributed by atoms with Crippen LogP contribution in [0.2, 0.25) is 5.02 Å². The summed E-state index contributed by atoms with van der Waals surface area (Å²) in [6, 6.07) is 4.33. The topological polar surface area (TPSA) is 47.8 Å². The van der Waals surface area contributed by atoms with Crippen LogP contribution < -0.4 is 5.43 Å². The Morgan fingerprint density at radius 1 is 1.36 bits per heavy atom. The van der Waals surface area contributed by atoms with Crippen molar-refractivity contribution < 1.29 is 4.39 Å². The molecule has 0 unspecified atom stereocenters. The van der Waals surface area contributed by atoms with Gasteiger partial charge in [-0.25, -0.2) is 14.4 Å². The second kappa shape index (κ2) is 5.70. The van der Waals surface area contributed by atoms with Crippen LogP contribution in [0.5, 0.6) is 0 Å². The Kier molecular flexibility index (Phi) is 3.88. The molecule has 4 nitrogen and oxygen atoms in total. The minimum absolute atomic E-state index is 0.0978. The van der Waals surface area contributed by atoms with Gasteiger partial charge in [0.25, 0.3) is 0 Å². The van der Waals surface area contributed by atoms with Gasteiger partial charge in [-0.2, -0.15) is 0 Å². The summed E-state index contributed by atoms with van der Waals surface area (Å²) in [5.74, 6) is -0.536. The van der Waals surface area contributed by atoms with Crippen molar-refractivity contribution in [3.8, 4) is 11.1 Å². The van der Waals surface area contributed by atoms with E-state index < -0.39 is 5.82 Å². The molecule has 0 spiro atoms. The number of nitrogens with zero attached hydrogens (tertiary/aromatic N) is 3. The molecule has 0 fully saturated rings. The molecule has 2 aromatic heterocycles. The van der Waals surface area contributed by atoms with Crippen molar-refractivity contribution in [3.05, 3.63) is 51.7 Å². The molecule has 0 amide bonds. The van der Waals surface area contributed by atoms with Crippen LogP contribution >= 0.6 is 23.4 Å². The van der Waals surface area contributed by atoms with E-state index in [-0.39, 0.29) is 21.6 Å². The Labute approximate surface area is 135 Å². The van der Waals surface area contributed by atoms with E-state index in [9.17, 15) is 9.18 Å². The fourth-order valence-corrected chi connectivity index (χ4v) is 2.88. The molecule has 3 rings (SSSR count). The summed E-state index contributed by atoms with van der Waals surface area (Å²) in [5, 5.41) is 1.09. The maximum absolute atomic E-state index is 14.1. The average molecular weight is 336 g/mol. The molecule has 1 aromatic carbocycles. The number of hydrogen-bond acceptors (Lipinski definition) is 4. The molecular weight excluding hydrogens is 325 g/mol. The van der Waals surface area contributed by atoms with Gasteiger partial charge in [0.05, 0.1) is 16.0 Å². The molecule has 0 saturated heterocycles. The molecule has 3 aromatic rings. The zero-order valence-electron chi connectivity index (χ0n) is 11.8. The quantitative estimate of drug-likeness (QED) is 0.531. The van der Waals surface area contributed by atoms with E-state index in [1.807, 2.05) is 6.26 Å². The maximum atomic E-state index is 14.1. The summed E-state index contributed by atoms with van der Waals surface area (Å²) in [4.78, 5) is 21.1. The number of aromatic nitrogens is 3. The Bertz CT molecular complexity index is 922. The number of halogens is 2. The number of aryl methyl sites for hydroxylation is 1. The van der Waals surface area contributed by atoms with Crippen LogP contribution in [0.25, 0.3) is 22.2 Å². The van der Waals surface area contributed by atoms with E-state index >= 15 is 0 Å². The van der Waals surface area contributed by atoms with Gasteiger partial charge in [0.1, 0.15) is 11.5 Å². The fraction of sp³-hybridized carbons (Fsp3) is 0.133. The lowest BCUT2D eigenvalue weighted by atomic mass is 10.1. The first-order chi connectivity index (χ1) is 10.5. The van der Waals surface area contributed by atoms with Gasteiger partial charge in [-0.05, 0) is 18.4 Å². The predicted octanol–water partition coefficient (Wildman–Crippen LogP) is 3.51. The molecule has 0 atom stereocenters. The van der Waals surface area contributed by atoms with Gasteiger partial charge < -0.3 is 4.57 Å². The van der Waals surface area contributed by atoms with Crippen LogP contribution in [-0.4, -0.2) is 20.8 Å². The van der Waals surface area contributed by atoms with Crippen molar-refractivity contribution in [2.45, 2.75) is 5.16 Å². The highest BCUT2D eigenvalue weighted by molar-refractivity contribution is 7.98. The van der Waals surface area contributed by atoms with Gasteiger partial charge in [0, 0.05) is 25.0 Å². The van der Waals surface area contributed by atoms with Gasteiger partial charge in [0.2, 0.25) is 5.43 Å². The molecule has 0 aliphatic carbocycles. The van der Waals surface area contributed by atoms with Crippen LogP contribution in [0.4, 0.5) is 4.39 Å². The third-order valence-corrected chi connectivity index (χ3v) is 4.18. The van der Waals surface area contributed by atoms with E-state index in [2.05, 4.69) is 9.97 Å². The number of fused-ring (bicyclic) bond motifs is 1. The zero-order chi connectivity index (χ0) is 15.9. The number of pyridine rings is 1. The van der Waals surface area contributed by atoms with Gasteiger partial charge in [-0.3, -0.25) is 4.79 Å². The van der Waals surface area contributed by atoms with Crippen LogP contribution in [0.1, 0.15) is 0 Å². The average Bonchev–Trinajstić information content (AvgIpc) is 2.51. The number of benzene rings is 1. The highest BCUT2D eigenvalue weighted by Gasteiger charge is 2.17. The molecule has 0 aliphatic rings. The zero-order valence-corrected chi connectivity index (χ0v) is 13.4. The summed E-state index contributed by atoms with van der Waals surface area (Å²) >= 11 is 7.45. The Balaban J connectivity index is 2.38. The van der Waals surface area contributed by atoms with Crippen molar-refractivity contribution in [3.63, 3.8) is 0 Å². The van der Waals surface area contributed by atoms with E-state index in [1.165, 1.54) is 30.1 Å². The Hall–Kier alpha value is -1.92. The van der Waals surface area contributed by atoms with Crippen molar-refractivity contribution in [2.75, 3.05) is 6.26 Å². The van der Waals surface area contributed by atoms with Crippen molar-refractivity contribution >= 4 is 34.4 Å². The number of hydrogen-bond donors (Lipinski definition) is 0. The smallest absolute Gasteiger partial charge is 0.200 e. The van der Waals surface area contributed by atoms with E-state index in [0.717, 1.165) is 0 Å². The van der Waals surface area contributed by atoms with E-state index in [4.69, 9.17) is 11.6 Å². The molecular formula is C15H11ClFN3OS. The first-order valence-electron chi connectivity index (χ1n) is 6.37. The molecule has 112 valence electrons. The first-order valence-corrected chi connectivity index (χ1v) is 7.98. The largest absolute Gasteiger partial charge is 0.335 e. The van der Waals surface area contributed by atoms with Gasteiger partial charge >= 0.3 is 0 Å². The second-order valence-electron chi connectivity index (χ2n) is 4.67. The summed E-state index contributed by atoms with van der Waals surface area (Å²) < 4.78 is 15.8. The molecule has 22 heavy (non-hydrogen) atoms. The third kappa shape index (κ3) is 2.38. The van der Waals surface area contributed by atoms with Crippen LogP contribution in [-0.2, 0) is 7.05 Å². The molecule has 0 radical (unpaired) electrons. The van der Waals surface area contributed by atoms with Crippen molar-refractivity contribution in [1.82, 2.24) is 14.5 Å². The third-order valence-electron chi connectivity index (χ3n) is 3.31. The molecule has 7 heteroatoms.